The SMILES string of the molecule is C[C@@H](O)[C@@H](C(=O)O)N(N)C1O[C@H](CO)[C@@H](O)[C@H](O)[C@H]1O. The predicted molar refractivity (Wildman–Crippen MR) is 62.9 cm³/mol. The lowest BCUT2D eigenvalue weighted by Crippen LogP contribution is -2.68. The number of nitrogens with two attached hydrogens (primary N) is 1. The minimum atomic E-state index is -1.71. The van der Waals surface area contributed by atoms with Crippen LogP contribution in [0.15, 0.2) is 0 Å². The summed E-state index contributed by atoms with van der Waals surface area (Å²) in [7, 11) is 0. The molecule has 0 amide bonds. The number of hydrogen-bond acceptors (Lipinski definition) is 9. The third kappa shape index (κ3) is 3.24. The van der Waals surface area contributed by atoms with Crippen LogP contribution in [0, 0.1) is 0 Å². The largest absolute Gasteiger partial charge is 0.480 e. The van der Waals surface area contributed by atoms with Crippen LogP contribution in [-0.4, -0.2) is 91.0 Å². The van der Waals surface area contributed by atoms with Gasteiger partial charge in [0.25, 0.3) is 0 Å². The fraction of sp³-hybridized carbons (Fsp3) is 0.900. The van der Waals surface area contributed by atoms with Crippen molar-refractivity contribution in [2.45, 2.75) is 49.7 Å². The van der Waals surface area contributed by atoms with E-state index in [0.29, 0.717) is 5.01 Å². The highest BCUT2D eigenvalue weighted by Gasteiger charge is 2.48. The maximum atomic E-state index is 11.0. The molecule has 20 heavy (non-hydrogen) atoms. The van der Waals surface area contributed by atoms with E-state index in [0.717, 1.165) is 0 Å². The van der Waals surface area contributed by atoms with Crippen LogP contribution in [0.5, 0.6) is 0 Å². The van der Waals surface area contributed by atoms with Gasteiger partial charge in [-0.05, 0) is 6.92 Å². The van der Waals surface area contributed by atoms with Crippen LogP contribution >= 0.6 is 0 Å². The predicted octanol–water partition coefficient (Wildman–Crippen LogP) is -4.20. The highest BCUT2D eigenvalue weighted by atomic mass is 16.6. The Morgan fingerprint density at radius 1 is 1.30 bits per heavy atom. The van der Waals surface area contributed by atoms with E-state index in [1.54, 1.807) is 0 Å². The summed E-state index contributed by atoms with van der Waals surface area (Å²) in [5.74, 6) is 4.08. The van der Waals surface area contributed by atoms with Gasteiger partial charge in [0.1, 0.15) is 30.5 Å². The van der Waals surface area contributed by atoms with Crippen LogP contribution in [-0.2, 0) is 9.53 Å². The Labute approximate surface area is 114 Å². The molecule has 0 bridgehead atoms. The van der Waals surface area contributed by atoms with Gasteiger partial charge in [0.15, 0.2) is 6.23 Å². The van der Waals surface area contributed by atoms with Crippen molar-refractivity contribution in [1.29, 1.82) is 0 Å². The molecule has 8 N–H and O–H groups in total. The third-order valence-corrected chi connectivity index (χ3v) is 3.19. The molecule has 0 radical (unpaired) electrons. The number of aliphatic hydroxyl groups excluding tert-OH is 5. The molecule has 0 aromatic carbocycles. The van der Waals surface area contributed by atoms with E-state index in [1.807, 2.05) is 0 Å². The molecule has 1 heterocycles. The zero-order valence-electron chi connectivity index (χ0n) is 10.8. The third-order valence-electron chi connectivity index (χ3n) is 3.19. The maximum Gasteiger partial charge on any atom is 0.325 e. The Hall–Kier alpha value is -0.850. The molecule has 1 unspecified atom stereocenters. The van der Waals surface area contributed by atoms with E-state index in [9.17, 15) is 25.2 Å². The number of hydrazine groups is 1. The average Bonchev–Trinajstić information content (AvgIpc) is 2.35. The molecule has 118 valence electrons. The number of aliphatic hydroxyl groups is 5. The summed E-state index contributed by atoms with van der Waals surface area (Å²) >= 11 is 0. The lowest BCUT2D eigenvalue weighted by molar-refractivity contribution is -0.274. The van der Waals surface area contributed by atoms with Gasteiger partial charge in [-0.1, -0.05) is 0 Å². The number of carboxylic acids is 1. The number of carbonyl (C=O) groups is 1. The summed E-state index contributed by atoms with van der Waals surface area (Å²) in [6, 6.07) is -1.60. The Kier molecular flexibility index (Phi) is 5.79. The lowest BCUT2D eigenvalue weighted by Gasteiger charge is -2.44. The Morgan fingerprint density at radius 3 is 2.25 bits per heavy atom. The summed E-state index contributed by atoms with van der Waals surface area (Å²) in [5.41, 5.74) is 0. The number of rotatable bonds is 5. The van der Waals surface area contributed by atoms with Crippen LogP contribution in [0.1, 0.15) is 6.92 Å². The molecular weight excluding hydrogens is 276 g/mol. The molecule has 0 saturated carbocycles. The van der Waals surface area contributed by atoms with Crippen molar-refractivity contribution >= 4 is 5.97 Å². The number of hydrogen-bond donors (Lipinski definition) is 7. The van der Waals surface area contributed by atoms with Crippen molar-refractivity contribution in [2.24, 2.45) is 5.84 Å². The van der Waals surface area contributed by atoms with E-state index in [2.05, 4.69) is 0 Å². The Balaban J connectivity index is 2.95. The second kappa shape index (κ2) is 6.74. The maximum absolute atomic E-state index is 11.0. The van der Waals surface area contributed by atoms with Crippen molar-refractivity contribution in [3.63, 3.8) is 0 Å². The highest BCUT2D eigenvalue weighted by molar-refractivity contribution is 5.74. The molecule has 1 aliphatic heterocycles. The van der Waals surface area contributed by atoms with Crippen LogP contribution < -0.4 is 5.84 Å². The van der Waals surface area contributed by atoms with Crippen molar-refractivity contribution in [3.05, 3.63) is 0 Å². The topological polar surface area (TPSA) is 177 Å². The van der Waals surface area contributed by atoms with Gasteiger partial charge in [-0.2, -0.15) is 5.01 Å². The van der Waals surface area contributed by atoms with Gasteiger partial charge in [0, 0.05) is 0 Å². The van der Waals surface area contributed by atoms with Gasteiger partial charge < -0.3 is 35.4 Å². The van der Waals surface area contributed by atoms with Gasteiger partial charge in [-0.15, -0.1) is 0 Å². The van der Waals surface area contributed by atoms with E-state index in [1.165, 1.54) is 6.92 Å². The first-order valence-electron chi connectivity index (χ1n) is 5.96. The molecule has 10 heteroatoms. The lowest BCUT2D eigenvalue weighted by atomic mass is 9.97. The zero-order valence-corrected chi connectivity index (χ0v) is 10.8. The monoisotopic (exact) mass is 296 g/mol. The first-order valence-corrected chi connectivity index (χ1v) is 5.96. The number of ether oxygens (including phenoxy) is 1. The van der Waals surface area contributed by atoms with Gasteiger partial charge in [0.05, 0.1) is 12.7 Å². The number of carboxylic acid groups (broad SMARTS) is 1. The van der Waals surface area contributed by atoms with Gasteiger partial charge in [-0.25, -0.2) is 0 Å². The molecule has 0 aromatic rings. The van der Waals surface area contributed by atoms with E-state index in [4.69, 9.17) is 20.8 Å². The minimum absolute atomic E-state index is 0.537. The van der Waals surface area contributed by atoms with E-state index >= 15 is 0 Å². The summed E-state index contributed by atoms with van der Waals surface area (Å²) < 4.78 is 5.09. The molecular formula is C10H20N2O8. The summed E-state index contributed by atoms with van der Waals surface area (Å²) in [4.78, 5) is 11.0. The minimum Gasteiger partial charge on any atom is -0.480 e. The number of aliphatic carboxylic acids is 1. The van der Waals surface area contributed by atoms with Crippen LogP contribution in [0.3, 0.4) is 0 Å². The van der Waals surface area contributed by atoms with Crippen molar-refractivity contribution in [2.75, 3.05) is 6.61 Å². The van der Waals surface area contributed by atoms with Crippen LogP contribution in [0.4, 0.5) is 0 Å². The highest BCUT2D eigenvalue weighted by Crippen LogP contribution is 2.24. The molecule has 0 aliphatic carbocycles. The van der Waals surface area contributed by atoms with E-state index < -0.39 is 55.4 Å². The molecule has 0 spiro atoms. The van der Waals surface area contributed by atoms with Crippen molar-refractivity contribution in [3.8, 4) is 0 Å². The Bertz CT molecular complexity index is 339. The van der Waals surface area contributed by atoms with Crippen molar-refractivity contribution < 1.29 is 40.2 Å². The first-order chi connectivity index (χ1) is 9.22. The van der Waals surface area contributed by atoms with Crippen LogP contribution in [0.2, 0.25) is 0 Å². The molecule has 1 fully saturated rings. The van der Waals surface area contributed by atoms with Crippen molar-refractivity contribution in [1.82, 2.24) is 5.01 Å². The normalized spacial score (nSPS) is 37.7. The first kappa shape index (κ1) is 17.2. The fourth-order valence-electron chi connectivity index (χ4n) is 2.07. The molecule has 1 aliphatic rings. The molecule has 7 atom stereocenters. The van der Waals surface area contributed by atoms with E-state index in [-0.39, 0.29) is 0 Å². The second-order valence-corrected chi connectivity index (χ2v) is 4.69. The van der Waals surface area contributed by atoms with Gasteiger partial charge in [-0.3, -0.25) is 10.6 Å². The zero-order chi connectivity index (χ0) is 15.6. The Morgan fingerprint density at radius 2 is 1.85 bits per heavy atom. The smallest absolute Gasteiger partial charge is 0.325 e. The molecule has 10 nitrogen and oxygen atoms in total. The molecule has 1 saturated heterocycles. The summed E-state index contributed by atoms with van der Waals surface area (Å²) in [6.07, 6.45) is -9.08. The van der Waals surface area contributed by atoms with Gasteiger partial charge in [0.2, 0.25) is 0 Å². The fourth-order valence-corrected chi connectivity index (χ4v) is 2.07. The molecule has 0 aromatic heterocycles. The quantitative estimate of drug-likeness (QED) is 0.194. The van der Waals surface area contributed by atoms with Gasteiger partial charge >= 0.3 is 5.97 Å². The average molecular weight is 296 g/mol. The molecule has 1 rings (SSSR count). The second-order valence-electron chi connectivity index (χ2n) is 4.69. The summed E-state index contributed by atoms with van der Waals surface area (Å²) in [6.45, 7) is 0.518. The standard InChI is InChI=1S/C10H20N2O8/c1-3(14)5(10(18)19)12(11)9-8(17)7(16)6(15)4(2-13)20-9/h3-9,13-17H,2,11H2,1H3,(H,18,19)/t3-,4-,5+,6-,7+,8-,9?/m1/s1. The van der Waals surface area contributed by atoms with Crippen LogP contribution in [0.25, 0.3) is 0 Å². The summed E-state index contributed by atoms with van der Waals surface area (Å²) in [5, 5.41) is 56.9. The number of nitrogens with zero attached hydrogens (tertiary/aromatic N) is 1.